The second-order valence-electron chi connectivity index (χ2n) is 4.50. The van der Waals surface area contributed by atoms with E-state index in [-0.39, 0.29) is 0 Å². The zero-order valence-electron chi connectivity index (χ0n) is 11.0. The van der Waals surface area contributed by atoms with Crippen molar-refractivity contribution in [2.24, 2.45) is 0 Å². The smallest absolute Gasteiger partial charge is 0.239 e. The van der Waals surface area contributed by atoms with Crippen LogP contribution < -0.4 is 15.8 Å². The molecular weight excluding hydrogens is 228 g/mol. The standard InChI is InChI=1S/C13H22N4O/c1-2-18-13-11(14)5-6-12(16-13)15-7-10-17-8-3-4-9-17/h5-6H,2-4,7-10,14H2,1H3,(H,15,16). The molecule has 0 spiro atoms. The molecule has 5 heteroatoms. The number of rotatable bonds is 6. The number of hydrogen-bond acceptors (Lipinski definition) is 5. The molecule has 18 heavy (non-hydrogen) atoms. The fourth-order valence-corrected chi connectivity index (χ4v) is 2.15. The molecule has 1 aliphatic rings. The number of nitrogens with two attached hydrogens (primary N) is 1. The molecule has 1 aliphatic heterocycles. The van der Waals surface area contributed by atoms with Gasteiger partial charge in [0, 0.05) is 13.1 Å². The minimum atomic E-state index is 0.517. The second kappa shape index (κ2) is 6.44. The maximum atomic E-state index is 5.78. The zero-order chi connectivity index (χ0) is 12.8. The van der Waals surface area contributed by atoms with Gasteiger partial charge < -0.3 is 20.7 Å². The van der Waals surface area contributed by atoms with Crippen molar-refractivity contribution in [1.82, 2.24) is 9.88 Å². The average molecular weight is 250 g/mol. The molecule has 0 bridgehead atoms. The predicted molar refractivity (Wildman–Crippen MR) is 74.0 cm³/mol. The Labute approximate surface area is 108 Å². The normalized spacial score (nSPS) is 15.8. The topological polar surface area (TPSA) is 63.4 Å². The fourth-order valence-electron chi connectivity index (χ4n) is 2.15. The molecule has 5 nitrogen and oxygen atoms in total. The summed E-state index contributed by atoms with van der Waals surface area (Å²) in [6, 6.07) is 3.72. The van der Waals surface area contributed by atoms with E-state index in [0.717, 1.165) is 18.9 Å². The highest BCUT2D eigenvalue weighted by Gasteiger charge is 2.10. The molecule has 0 amide bonds. The Bertz CT molecular complexity index is 377. The maximum absolute atomic E-state index is 5.78. The van der Waals surface area contributed by atoms with Crippen molar-refractivity contribution < 1.29 is 4.74 Å². The Morgan fingerprint density at radius 1 is 1.39 bits per heavy atom. The van der Waals surface area contributed by atoms with E-state index in [1.807, 2.05) is 19.1 Å². The second-order valence-corrected chi connectivity index (χ2v) is 4.50. The highest BCUT2D eigenvalue weighted by atomic mass is 16.5. The molecule has 0 unspecified atom stereocenters. The molecule has 0 aliphatic carbocycles. The zero-order valence-corrected chi connectivity index (χ0v) is 11.0. The summed E-state index contributed by atoms with van der Waals surface area (Å²) in [7, 11) is 0. The largest absolute Gasteiger partial charge is 0.476 e. The van der Waals surface area contributed by atoms with Crippen LogP contribution in [0.5, 0.6) is 5.88 Å². The molecule has 2 heterocycles. The number of anilines is 2. The third-order valence-corrected chi connectivity index (χ3v) is 3.10. The van der Waals surface area contributed by atoms with E-state index in [1.165, 1.54) is 25.9 Å². The first kappa shape index (κ1) is 13.0. The third-order valence-electron chi connectivity index (χ3n) is 3.10. The van der Waals surface area contributed by atoms with Crippen LogP contribution in [-0.4, -0.2) is 42.7 Å². The number of nitrogens with zero attached hydrogens (tertiary/aromatic N) is 2. The number of hydrogen-bond donors (Lipinski definition) is 2. The van der Waals surface area contributed by atoms with Crippen LogP contribution in [0.3, 0.4) is 0 Å². The number of nitrogen functional groups attached to an aromatic ring is 1. The SMILES string of the molecule is CCOc1nc(NCCN2CCCC2)ccc1N. The quantitative estimate of drug-likeness (QED) is 0.802. The van der Waals surface area contributed by atoms with Crippen LogP contribution in [0.15, 0.2) is 12.1 Å². The molecule has 1 saturated heterocycles. The first-order chi connectivity index (χ1) is 8.79. The van der Waals surface area contributed by atoms with Gasteiger partial charge in [-0.15, -0.1) is 0 Å². The van der Waals surface area contributed by atoms with Crippen molar-refractivity contribution in [3.8, 4) is 5.88 Å². The average Bonchev–Trinajstić information content (AvgIpc) is 2.87. The van der Waals surface area contributed by atoms with Crippen LogP contribution in [0, 0.1) is 0 Å². The molecule has 0 saturated carbocycles. The van der Waals surface area contributed by atoms with Gasteiger partial charge in [0.15, 0.2) is 0 Å². The van der Waals surface area contributed by atoms with E-state index in [1.54, 1.807) is 0 Å². The summed E-state index contributed by atoms with van der Waals surface area (Å²) in [6.07, 6.45) is 2.66. The van der Waals surface area contributed by atoms with Crippen molar-refractivity contribution in [3.63, 3.8) is 0 Å². The Hall–Kier alpha value is -1.49. The molecule has 1 aromatic heterocycles. The van der Waals surface area contributed by atoms with Crippen molar-refractivity contribution in [2.75, 3.05) is 43.8 Å². The lowest BCUT2D eigenvalue weighted by Crippen LogP contribution is -2.26. The van der Waals surface area contributed by atoms with Crippen LogP contribution in [0.1, 0.15) is 19.8 Å². The minimum Gasteiger partial charge on any atom is -0.476 e. The molecule has 0 radical (unpaired) electrons. The van der Waals surface area contributed by atoms with Crippen LogP contribution in [0.25, 0.3) is 0 Å². The van der Waals surface area contributed by atoms with E-state index in [9.17, 15) is 0 Å². The van der Waals surface area contributed by atoms with Crippen LogP contribution in [0.4, 0.5) is 11.5 Å². The molecule has 3 N–H and O–H groups in total. The van der Waals surface area contributed by atoms with Gasteiger partial charge in [0.25, 0.3) is 0 Å². The predicted octanol–water partition coefficient (Wildman–Crippen LogP) is 1.57. The first-order valence-corrected chi connectivity index (χ1v) is 6.65. The van der Waals surface area contributed by atoms with Gasteiger partial charge in [0.1, 0.15) is 5.82 Å². The number of nitrogens with one attached hydrogen (secondary N) is 1. The number of aromatic nitrogens is 1. The third kappa shape index (κ3) is 3.50. The summed E-state index contributed by atoms with van der Waals surface area (Å²) in [5.74, 6) is 1.34. The molecule has 1 aromatic rings. The van der Waals surface area contributed by atoms with Gasteiger partial charge in [-0.2, -0.15) is 4.98 Å². The Morgan fingerprint density at radius 3 is 2.89 bits per heavy atom. The van der Waals surface area contributed by atoms with Crippen molar-refractivity contribution in [1.29, 1.82) is 0 Å². The van der Waals surface area contributed by atoms with Crippen LogP contribution in [-0.2, 0) is 0 Å². The van der Waals surface area contributed by atoms with E-state index >= 15 is 0 Å². The van der Waals surface area contributed by atoms with Gasteiger partial charge in [-0.1, -0.05) is 0 Å². The highest BCUT2D eigenvalue weighted by Crippen LogP contribution is 2.20. The number of ether oxygens (including phenoxy) is 1. The van der Waals surface area contributed by atoms with E-state index < -0.39 is 0 Å². The molecule has 0 aromatic carbocycles. The summed E-state index contributed by atoms with van der Waals surface area (Å²) in [4.78, 5) is 6.82. The summed E-state index contributed by atoms with van der Waals surface area (Å²) in [5.41, 5.74) is 6.37. The number of pyridine rings is 1. The van der Waals surface area contributed by atoms with Gasteiger partial charge in [-0.25, -0.2) is 0 Å². The van der Waals surface area contributed by atoms with Crippen LogP contribution in [0.2, 0.25) is 0 Å². The first-order valence-electron chi connectivity index (χ1n) is 6.65. The molecule has 100 valence electrons. The van der Waals surface area contributed by atoms with E-state index in [0.29, 0.717) is 18.2 Å². The fraction of sp³-hybridized carbons (Fsp3) is 0.615. The van der Waals surface area contributed by atoms with E-state index in [2.05, 4.69) is 15.2 Å². The van der Waals surface area contributed by atoms with Crippen LogP contribution >= 0.6 is 0 Å². The van der Waals surface area contributed by atoms with Crippen molar-refractivity contribution in [2.45, 2.75) is 19.8 Å². The van der Waals surface area contributed by atoms with Gasteiger partial charge in [0.2, 0.25) is 5.88 Å². The van der Waals surface area contributed by atoms with Gasteiger partial charge >= 0.3 is 0 Å². The highest BCUT2D eigenvalue weighted by molar-refractivity contribution is 5.53. The molecular formula is C13H22N4O. The lowest BCUT2D eigenvalue weighted by molar-refractivity contribution is 0.329. The van der Waals surface area contributed by atoms with E-state index in [4.69, 9.17) is 10.5 Å². The summed E-state index contributed by atoms with van der Waals surface area (Å²) >= 11 is 0. The Morgan fingerprint density at radius 2 is 2.17 bits per heavy atom. The summed E-state index contributed by atoms with van der Waals surface area (Å²) in [6.45, 7) is 6.92. The summed E-state index contributed by atoms with van der Waals surface area (Å²) < 4.78 is 5.37. The van der Waals surface area contributed by atoms with Gasteiger partial charge in [0.05, 0.1) is 12.3 Å². The van der Waals surface area contributed by atoms with Gasteiger partial charge in [-0.05, 0) is 45.0 Å². The lowest BCUT2D eigenvalue weighted by atomic mass is 10.4. The van der Waals surface area contributed by atoms with Gasteiger partial charge in [-0.3, -0.25) is 0 Å². The minimum absolute atomic E-state index is 0.517. The summed E-state index contributed by atoms with van der Waals surface area (Å²) in [5, 5.41) is 3.31. The van der Waals surface area contributed by atoms with Crippen molar-refractivity contribution in [3.05, 3.63) is 12.1 Å². The van der Waals surface area contributed by atoms with Crippen molar-refractivity contribution >= 4 is 11.5 Å². The molecule has 0 atom stereocenters. The maximum Gasteiger partial charge on any atom is 0.239 e. The lowest BCUT2D eigenvalue weighted by Gasteiger charge is -2.15. The molecule has 1 fully saturated rings. The monoisotopic (exact) mass is 250 g/mol. The Balaban J connectivity index is 1.82. The molecule has 2 rings (SSSR count). The Kier molecular flexibility index (Phi) is 4.64. The number of likely N-dealkylation sites (tertiary alicyclic amines) is 1.